The van der Waals surface area contributed by atoms with E-state index in [9.17, 15) is 4.79 Å². The SMILES string of the molecule is CC(C)N(C(=O)CN(Cc1cccs1)CC1CCCO1)C(C)C. The molecule has 0 saturated carbocycles. The van der Waals surface area contributed by atoms with E-state index in [1.807, 2.05) is 4.90 Å². The maximum Gasteiger partial charge on any atom is 0.237 e. The lowest BCUT2D eigenvalue weighted by Crippen LogP contribution is -2.48. The van der Waals surface area contributed by atoms with Crippen molar-refractivity contribution in [2.24, 2.45) is 0 Å². The zero-order chi connectivity index (χ0) is 16.8. The number of hydrogen-bond donors (Lipinski definition) is 0. The van der Waals surface area contributed by atoms with Crippen molar-refractivity contribution in [2.75, 3.05) is 19.7 Å². The van der Waals surface area contributed by atoms with Gasteiger partial charge < -0.3 is 9.64 Å². The Morgan fingerprint density at radius 1 is 1.35 bits per heavy atom. The van der Waals surface area contributed by atoms with Gasteiger partial charge in [-0.3, -0.25) is 9.69 Å². The summed E-state index contributed by atoms with van der Waals surface area (Å²) in [6, 6.07) is 4.67. The predicted octanol–water partition coefficient (Wildman–Crippen LogP) is 3.37. The van der Waals surface area contributed by atoms with Crippen LogP contribution in [0.5, 0.6) is 0 Å². The highest BCUT2D eigenvalue weighted by atomic mass is 32.1. The molecule has 1 amide bonds. The van der Waals surface area contributed by atoms with Crippen molar-refractivity contribution in [3.63, 3.8) is 0 Å². The van der Waals surface area contributed by atoms with Gasteiger partial charge in [0.05, 0.1) is 12.6 Å². The molecule has 1 aliphatic rings. The summed E-state index contributed by atoms with van der Waals surface area (Å²) in [7, 11) is 0. The normalized spacial score (nSPS) is 18.3. The van der Waals surface area contributed by atoms with Crippen LogP contribution in [0.25, 0.3) is 0 Å². The highest BCUT2D eigenvalue weighted by Crippen LogP contribution is 2.18. The smallest absolute Gasteiger partial charge is 0.237 e. The second kappa shape index (κ2) is 8.81. The molecule has 4 nitrogen and oxygen atoms in total. The molecule has 130 valence electrons. The Balaban J connectivity index is 2.01. The third kappa shape index (κ3) is 5.59. The summed E-state index contributed by atoms with van der Waals surface area (Å²) in [6.07, 6.45) is 2.51. The second-order valence-corrected chi connectivity index (χ2v) is 7.90. The van der Waals surface area contributed by atoms with Crippen LogP contribution in [-0.2, 0) is 16.1 Å². The van der Waals surface area contributed by atoms with Crippen LogP contribution in [0.3, 0.4) is 0 Å². The van der Waals surface area contributed by atoms with E-state index >= 15 is 0 Å². The van der Waals surface area contributed by atoms with E-state index in [2.05, 4.69) is 50.1 Å². The summed E-state index contributed by atoms with van der Waals surface area (Å²) in [5, 5.41) is 2.09. The first-order chi connectivity index (χ1) is 11.0. The molecule has 5 heteroatoms. The number of hydrogen-bond acceptors (Lipinski definition) is 4. The van der Waals surface area contributed by atoms with E-state index in [0.717, 1.165) is 32.5 Å². The average Bonchev–Trinajstić information content (AvgIpc) is 3.11. The maximum absolute atomic E-state index is 12.8. The van der Waals surface area contributed by atoms with E-state index in [4.69, 9.17) is 4.74 Å². The van der Waals surface area contributed by atoms with Crippen molar-refractivity contribution in [3.8, 4) is 0 Å². The maximum atomic E-state index is 12.8. The molecule has 0 aliphatic carbocycles. The lowest BCUT2D eigenvalue weighted by atomic mass is 10.2. The Morgan fingerprint density at radius 2 is 2.09 bits per heavy atom. The molecule has 0 N–H and O–H groups in total. The first-order valence-corrected chi connectivity index (χ1v) is 9.53. The van der Waals surface area contributed by atoms with Crippen molar-refractivity contribution >= 4 is 17.2 Å². The third-order valence-corrected chi connectivity index (χ3v) is 5.07. The van der Waals surface area contributed by atoms with E-state index in [1.54, 1.807) is 11.3 Å². The van der Waals surface area contributed by atoms with Gasteiger partial charge in [-0.25, -0.2) is 0 Å². The van der Waals surface area contributed by atoms with Gasteiger partial charge in [-0.2, -0.15) is 0 Å². The second-order valence-electron chi connectivity index (χ2n) is 6.87. The zero-order valence-electron chi connectivity index (χ0n) is 14.8. The molecule has 2 rings (SSSR count). The molecular weight excluding hydrogens is 308 g/mol. The Hall–Kier alpha value is -0.910. The van der Waals surface area contributed by atoms with Gasteiger partial charge in [0.25, 0.3) is 0 Å². The Labute approximate surface area is 144 Å². The predicted molar refractivity (Wildman–Crippen MR) is 95.7 cm³/mol. The Morgan fingerprint density at radius 3 is 2.61 bits per heavy atom. The lowest BCUT2D eigenvalue weighted by Gasteiger charge is -2.33. The van der Waals surface area contributed by atoms with Gasteiger partial charge in [0, 0.05) is 36.7 Å². The summed E-state index contributed by atoms with van der Waals surface area (Å²) in [4.78, 5) is 18.3. The number of rotatable bonds is 8. The topological polar surface area (TPSA) is 32.8 Å². The summed E-state index contributed by atoms with van der Waals surface area (Å²) >= 11 is 1.75. The fourth-order valence-corrected chi connectivity index (χ4v) is 4.08. The number of carbonyl (C=O) groups excluding carboxylic acids is 1. The van der Waals surface area contributed by atoms with Crippen LogP contribution in [0.4, 0.5) is 0 Å². The average molecular weight is 339 g/mol. The number of ether oxygens (including phenoxy) is 1. The van der Waals surface area contributed by atoms with Gasteiger partial charge in [0.2, 0.25) is 5.91 Å². The highest BCUT2D eigenvalue weighted by Gasteiger charge is 2.25. The lowest BCUT2D eigenvalue weighted by molar-refractivity contribution is -0.136. The molecule has 1 saturated heterocycles. The number of nitrogens with zero attached hydrogens (tertiary/aromatic N) is 2. The van der Waals surface area contributed by atoms with Crippen LogP contribution >= 0.6 is 11.3 Å². The fraction of sp³-hybridized carbons (Fsp3) is 0.722. The molecule has 1 aromatic heterocycles. The molecule has 1 fully saturated rings. The van der Waals surface area contributed by atoms with Gasteiger partial charge in [-0.15, -0.1) is 11.3 Å². The third-order valence-electron chi connectivity index (χ3n) is 4.20. The van der Waals surface area contributed by atoms with Crippen molar-refractivity contribution in [1.29, 1.82) is 0 Å². The molecule has 1 unspecified atom stereocenters. The molecule has 0 radical (unpaired) electrons. The first-order valence-electron chi connectivity index (χ1n) is 8.65. The van der Waals surface area contributed by atoms with Gasteiger partial charge >= 0.3 is 0 Å². The minimum atomic E-state index is 0.213. The van der Waals surface area contributed by atoms with Crippen LogP contribution < -0.4 is 0 Å². The van der Waals surface area contributed by atoms with Gasteiger partial charge in [0.1, 0.15) is 0 Å². The first kappa shape index (κ1) is 18.4. The van der Waals surface area contributed by atoms with Crippen molar-refractivity contribution in [1.82, 2.24) is 9.80 Å². The minimum Gasteiger partial charge on any atom is -0.377 e. The summed E-state index contributed by atoms with van der Waals surface area (Å²) in [5.41, 5.74) is 0. The van der Waals surface area contributed by atoms with Crippen LogP contribution in [0.2, 0.25) is 0 Å². The van der Waals surface area contributed by atoms with Crippen molar-refractivity contribution < 1.29 is 9.53 Å². The monoisotopic (exact) mass is 338 g/mol. The minimum absolute atomic E-state index is 0.213. The van der Waals surface area contributed by atoms with Crippen LogP contribution in [0.1, 0.15) is 45.4 Å². The van der Waals surface area contributed by atoms with E-state index in [1.165, 1.54) is 4.88 Å². The molecule has 1 aromatic rings. The van der Waals surface area contributed by atoms with Crippen LogP contribution in [0, 0.1) is 0 Å². The Bertz CT molecular complexity index is 459. The van der Waals surface area contributed by atoms with Crippen LogP contribution in [0.15, 0.2) is 17.5 Å². The van der Waals surface area contributed by atoms with Gasteiger partial charge in [-0.1, -0.05) is 6.07 Å². The summed E-state index contributed by atoms with van der Waals surface area (Å²) < 4.78 is 5.78. The van der Waals surface area contributed by atoms with Crippen LogP contribution in [-0.4, -0.2) is 53.6 Å². The fourth-order valence-electron chi connectivity index (χ4n) is 3.33. The molecule has 2 heterocycles. The van der Waals surface area contributed by atoms with Gasteiger partial charge in [-0.05, 0) is 52.0 Å². The quantitative estimate of drug-likeness (QED) is 0.728. The number of amides is 1. The summed E-state index contributed by atoms with van der Waals surface area (Å²) in [6.45, 7) is 11.3. The number of carbonyl (C=O) groups is 1. The summed E-state index contributed by atoms with van der Waals surface area (Å²) in [5.74, 6) is 0.213. The molecule has 1 aliphatic heterocycles. The Kier molecular flexibility index (Phi) is 7.06. The van der Waals surface area contributed by atoms with Gasteiger partial charge in [0.15, 0.2) is 0 Å². The largest absolute Gasteiger partial charge is 0.377 e. The van der Waals surface area contributed by atoms with E-state index < -0.39 is 0 Å². The molecule has 0 aromatic carbocycles. The molecule has 1 atom stereocenters. The van der Waals surface area contributed by atoms with E-state index in [0.29, 0.717) is 6.54 Å². The standard InChI is InChI=1S/C18H30N2O2S/c1-14(2)20(15(3)4)18(21)13-19(11-16-7-5-9-22-16)12-17-8-6-10-23-17/h6,8,10,14-16H,5,7,9,11-13H2,1-4H3. The molecule has 23 heavy (non-hydrogen) atoms. The van der Waals surface area contributed by atoms with Crippen molar-refractivity contribution in [3.05, 3.63) is 22.4 Å². The molecule has 0 bridgehead atoms. The molecular formula is C18H30N2O2S. The van der Waals surface area contributed by atoms with E-state index in [-0.39, 0.29) is 24.1 Å². The number of thiophene rings is 1. The molecule has 0 spiro atoms. The highest BCUT2D eigenvalue weighted by molar-refractivity contribution is 7.09. The zero-order valence-corrected chi connectivity index (χ0v) is 15.6. The van der Waals surface area contributed by atoms with Crippen molar-refractivity contribution in [2.45, 2.75) is 65.3 Å².